The van der Waals surface area contributed by atoms with Crippen LogP contribution in [0.25, 0.3) is 0 Å². The molecule has 2 heteroatoms. The standard InChI is InChI=1S/C15H21NO/c1-11(2)14(12-7-4-3-5-8-12)16-15(17)13-9-6-10-13/h3-5,7-8,11,13-14H,6,9-10H2,1-2H3,(H,16,17). The summed E-state index contributed by atoms with van der Waals surface area (Å²) >= 11 is 0. The molecule has 0 saturated heterocycles. The third-order valence-electron chi connectivity index (χ3n) is 3.60. The van der Waals surface area contributed by atoms with Gasteiger partial charge in [0.25, 0.3) is 0 Å². The van der Waals surface area contributed by atoms with Crippen molar-refractivity contribution in [2.24, 2.45) is 11.8 Å². The number of hydrogen-bond acceptors (Lipinski definition) is 1. The molecule has 0 heterocycles. The van der Waals surface area contributed by atoms with Crippen molar-refractivity contribution in [2.75, 3.05) is 0 Å². The Bertz CT molecular complexity index is 368. The minimum absolute atomic E-state index is 0.143. The zero-order valence-electron chi connectivity index (χ0n) is 10.6. The lowest BCUT2D eigenvalue weighted by molar-refractivity contribution is -0.128. The van der Waals surface area contributed by atoms with E-state index in [1.54, 1.807) is 0 Å². The molecule has 2 nitrogen and oxygen atoms in total. The maximum atomic E-state index is 12.0. The van der Waals surface area contributed by atoms with E-state index in [1.807, 2.05) is 18.2 Å². The molecule has 1 saturated carbocycles. The van der Waals surface area contributed by atoms with Gasteiger partial charge in [0.15, 0.2) is 0 Å². The fourth-order valence-corrected chi connectivity index (χ4v) is 2.24. The maximum absolute atomic E-state index is 12.0. The Morgan fingerprint density at radius 3 is 2.35 bits per heavy atom. The number of benzene rings is 1. The lowest BCUT2D eigenvalue weighted by Gasteiger charge is -2.29. The first-order valence-corrected chi connectivity index (χ1v) is 6.54. The van der Waals surface area contributed by atoms with Gasteiger partial charge in [0.2, 0.25) is 5.91 Å². The first-order valence-electron chi connectivity index (χ1n) is 6.54. The zero-order valence-corrected chi connectivity index (χ0v) is 10.6. The van der Waals surface area contributed by atoms with E-state index in [9.17, 15) is 4.79 Å². The maximum Gasteiger partial charge on any atom is 0.223 e. The predicted molar refractivity (Wildman–Crippen MR) is 69.5 cm³/mol. The molecule has 2 rings (SSSR count). The van der Waals surface area contributed by atoms with E-state index in [4.69, 9.17) is 0 Å². The first kappa shape index (κ1) is 12.2. The predicted octanol–water partition coefficient (Wildman–Crippen LogP) is 3.30. The van der Waals surface area contributed by atoms with Gasteiger partial charge in [0.05, 0.1) is 6.04 Å². The number of nitrogens with one attached hydrogen (secondary N) is 1. The Hall–Kier alpha value is -1.31. The molecule has 1 fully saturated rings. The average molecular weight is 231 g/mol. The number of carbonyl (C=O) groups is 1. The smallest absolute Gasteiger partial charge is 0.223 e. The summed E-state index contributed by atoms with van der Waals surface area (Å²) in [6.07, 6.45) is 3.33. The molecule has 92 valence electrons. The Labute approximate surface area is 103 Å². The zero-order chi connectivity index (χ0) is 12.3. The molecular formula is C15H21NO. The van der Waals surface area contributed by atoms with Gasteiger partial charge < -0.3 is 5.32 Å². The van der Waals surface area contributed by atoms with Crippen molar-refractivity contribution >= 4 is 5.91 Å². The summed E-state index contributed by atoms with van der Waals surface area (Å²) in [6, 6.07) is 10.4. The van der Waals surface area contributed by atoms with Crippen LogP contribution in [0.15, 0.2) is 30.3 Å². The second-order valence-electron chi connectivity index (χ2n) is 5.27. The van der Waals surface area contributed by atoms with Crippen LogP contribution in [-0.2, 0) is 4.79 Å². The highest BCUT2D eigenvalue weighted by Crippen LogP contribution is 2.28. The molecule has 1 atom stereocenters. The normalized spacial score (nSPS) is 17.6. The van der Waals surface area contributed by atoms with Crippen LogP contribution in [0.2, 0.25) is 0 Å². The van der Waals surface area contributed by atoms with E-state index >= 15 is 0 Å². The quantitative estimate of drug-likeness (QED) is 0.846. The Morgan fingerprint density at radius 2 is 1.88 bits per heavy atom. The van der Waals surface area contributed by atoms with E-state index in [2.05, 4.69) is 31.3 Å². The Balaban J connectivity index is 2.05. The van der Waals surface area contributed by atoms with Gasteiger partial charge in [-0.1, -0.05) is 50.6 Å². The molecular weight excluding hydrogens is 210 g/mol. The molecule has 0 spiro atoms. The van der Waals surface area contributed by atoms with Crippen LogP contribution in [0.1, 0.15) is 44.7 Å². The molecule has 1 aliphatic rings. The van der Waals surface area contributed by atoms with Crippen LogP contribution in [0.4, 0.5) is 0 Å². The number of carbonyl (C=O) groups excluding carboxylic acids is 1. The van der Waals surface area contributed by atoms with Crippen molar-refractivity contribution in [2.45, 2.75) is 39.2 Å². The van der Waals surface area contributed by atoms with Crippen LogP contribution >= 0.6 is 0 Å². The highest BCUT2D eigenvalue weighted by molar-refractivity contribution is 5.79. The largest absolute Gasteiger partial charge is 0.349 e. The first-order chi connectivity index (χ1) is 8.18. The second-order valence-corrected chi connectivity index (χ2v) is 5.27. The van der Waals surface area contributed by atoms with Gasteiger partial charge >= 0.3 is 0 Å². The SMILES string of the molecule is CC(C)C(NC(=O)C1CCC1)c1ccccc1. The van der Waals surface area contributed by atoms with E-state index < -0.39 is 0 Å². The third-order valence-corrected chi connectivity index (χ3v) is 3.60. The fourth-order valence-electron chi connectivity index (χ4n) is 2.24. The monoisotopic (exact) mass is 231 g/mol. The fraction of sp³-hybridized carbons (Fsp3) is 0.533. The topological polar surface area (TPSA) is 29.1 Å². The summed E-state index contributed by atoms with van der Waals surface area (Å²) in [5.74, 6) is 0.917. The number of hydrogen-bond donors (Lipinski definition) is 1. The van der Waals surface area contributed by atoms with Crippen molar-refractivity contribution < 1.29 is 4.79 Å². The molecule has 0 bridgehead atoms. The van der Waals surface area contributed by atoms with Crippen LogP contribution in [0.3, 0.4) is 0 Å². The summed E-state index contributed by atoms with van der Waals surface area (Å²) in [5.41, 5.74) is 1.20. The molecule has 1 N–H and O–H groups in total. The minimum atomic E-state index is 0.143. The summed E-state index contributed by atoms with van der Waals surface area (Å²) in [5, 5.41) is 3.20. The molecule has 1 aromatic rings. The van der Waals surface area contributed by atoms with Gasteiger partial charge in [-0.2, -0.15) is 0 Å². The van der Waals surface area contributed by atoms with Gasteiger partial charge in [-0.05, 0) is 24.3 Å². The molecule has 17 heavy (non-hydrogen) atoms. The van der Waals surface area contributed by atoms with Crippen molar-refractivity contribution in [1.82, 2.24) is 5.32 Å². The van der Waals surface area contributed by atoms with E-state index in [1.165, 1.54) is 12.0 Å². The van der Waals surface area contributed by atoms with Crippen molar-refractivity contribution in [3.05, 3.63) is 35.9 Å². The van der Waals surface area contributed by atoms with E-state index in [0.29, 0.717) is 5.92 Å². The van der Waals surface area contributed by atoms with Gasteiger partial charge in [-0.15, -0.1) is 0 Å². The van der Waals surface area contributed by atoms with Gasteiger partial charge in [0.1, 0.15) is 0 Å². The summed E-state index contributed by atoms with van der Waals surface area (Å²) in [6.45, 7) is 4.30. The van der Waals surface area contributed by atoms with Crippen molar-refractivity contribution in [1.29, 1.82) is 0 Å². The summed E-state index contributed by atoms with van der Waals surface area (Å²) < 4.78 is 0. The molecule has 1 aliphatic carbocycles. The van der Waals surface area contributed by atoms with Crippen LogP contribution in [0.5, 0.6) is 0 Å². The molecule has 0 aliphatic heterocycles. The minimum Gasteiger partial charge on any atom is -0.349 e. The van der Waals surface area contributed by atoms with Crippen LogP contribution in [-0.4, -0.2) is 5.91 Å². The molecule has 0 aromatic heterocycles. The highest BCUT2D eigenvalue weighted by atomic mass is 16.2. The van der Waals surface area contributed by atoms with Gasteiger partial charge in [-0.3, -0.25) is 4.79 Å². The van der Waals surface area contributed by atoms with Crippen molar-refractivity contribution in [3.8, 4) is 0 Å². The number of amides is 1. The average Bonchev–Trinajstić information content (AvgIpc) is 2.24. The molecule has 1 amide bonds. The van der Waals surface area contributed by atoms with E-state index in [-0.39, 0.29) is 17.9 Å². The Morgan fingerprint density at radius 1 is 1.24 bits per heavy atom. The Kier molecular flexibility index (Phi) is 3.82. The molecule has 1 aromatic carbocycles. The summed E-state index contributed by atoms with van der Waals surface area (Å²) in [7, 11) is 0. The lowest BCUT2D eigenvalue weighted by atomic mass is 9.84. The molecule has 1 unspecified atom stereocenters. The molecule has 0 radical (unpaired) electrons. The van der Waals surface area contributed by atoms with Gasteiger partial charge in [0, 0.05) is 5.92 Å². The number of rotatable bonds is 4. The van der Waals surface area contributed by atoms with Gasteiger partial charge in [-0.25, -0.2) is 0 Å². The van der Waals surface area contributed by atoms with Crippen LogP contribution in [0, 0.1) is 11.8 Å². The lowest BCUT2D eigenvalue weighted by Crippen LogP contribution is -2.38. The van der Waals surface area contributed by atoms with Crippen molar-refractivity contribution in [3.63, 3.8) is 0 Å². The highest BCUT2D eigenvalue weighted by Gasteiger charge is 2.28. The van der Waals surface area contributed by atoms with E-state index in [0.717, 1.165) is 12.8 Å². The van der Waals surface area contributed by atoms with Crippen LogP contribution < -0.4 is 5.32 Å². The third kappa shape index (κ3) is 2.87. The summed E-state index contributed by atoms with van der Waals surface area (Å²) in [4.78, 5) is 12.0. The second kappa shape index (κ2) is 5.35.